The van der Waals surface area contributed by atoms with Crippen molar-refractivity contribution in [2.75, 3.05) is 30.1 Å². The molecule has 118 valence electrons. The molecule has 2 aromatic carbocycles. The highest BCUT2D eigenvalue weighted by molar-refractivity contribution is 8.00. The maximum Gasteiger partial charge on any atom is 0.347 e. The summed E-state index contributed by atoms with van der Waals surface area (Å²) in [6.07, 6.45) is 0. The molecule has 0 unspecified atom stereocenters. The number of amides is 2. The van der Waals surface area contributed by atoms with Gasteiger partial charge in [-0.15, -0.1) is 11.8 Å². The number of anilines is 2. The van der Waals surface area contributed by atoms with Gasteiger partial charge in [0.1, 0.15) is 11.6 Å². The largest absolute Gasteiger partial charge is 0.497 e. The molecule has 0 saturated heterocycles. The van der Waals surface area contributed by atoms with Gasteiger partial charge < -0.3 is 15.0 Å². The molecule has 0 bridgehead atoms. The van der Waals surface area contributed by atoms with Crippen LogP contribution in [0, 0.1) is 0 Å². The van der Waals surface area contributed by atoms with Gasteiger partial charge in [-0.3, -0.25) is 0 Å². The standard InChI is InChI=1S/C17H17N3O2S/c1-20-14-5-3-4-6-15(14)23-11-16(20)19-17(21)18-12-7-9-13(22-2)10-8-12/h3-10H,11H2,1-2H3,(H,18,21)/b19-16-. The van der Waals surface area contributed by atoms with Crippen LogP contribution in [0.1, 0.15) is 0 Å². The third-order valence-electron chi connectivity index (χ3n) is 3.54. The first-order valence-electron chi connectivity index (χ1n) is 7.15. The predicted octanol–water partition coefficient (Wildman–Crippen LogP) is 3.87. The van der Waals surface area contributed by atoms with E-state index in [2.05, 4.69) is 16.4 Å². The third kappa shape index (κ3) is 3.48. The summed E-state index contributed by atoms with van der Waals surface area (Å²) in [5, 5.41) is 2.77. The van der Waals surface area contributed by atoms with E-state index >= 15 is 0 Å². The number of nitrogens with zero attached hydrogens (tertiary/aromatic N) is 2. The Labute approximate surface area is 139 Å². The van der Waals surface area contributed by atoms with E-state index in [0.29, 0.717) is 11.4 Å². The molecule has 1 heterocycles. The number of thioether (sulfide) groups is 1. The normalized spacial score (nSPS) is 15.2. The van der Waals surface area contributed by atoms with E-state index in [1.54, 1.807) is 43.1 Å². The zero-order valence-corrected chi connectivity index (χ0v) is 13.8. The number of carbonyl (C=O) groups is 1. The number of hydrogen-bond acceptors (Lipinski definition) is 3. The van der Waals surface area contributed by atoms with Crippen LogP contribution in [0.2, 0.25) is 0 Å². The molecule has 0 atom stereocenters. The third-order valence-corrected chi connectivity index (χ3v) is 4.60. The molecule has 2 aromatic rings. The summed E-state index contributed by atoms with van der Waals surface area (Å²) in [4.78, 5) is 19.5. The van der Waals surface area contributed by atoms with Gasteiger partial charge in [0.2, 0.25) is 0 Å². The molecule has 1 aliphatic heterocycles. The summed E-state index contributed by atoms with van der Waals surface area (Å²) in [6.45, 7) is 0. The van der Waals surface area contributed by atoms with E-state index < -0.39 is 0 Å². The summed E-state index contributed by atoms with van der Waals surface area (Å²) in [7, 11) is 3.53. The van der Waals surface area contributed by atoms with E-state index in [9.17, 15) is 4.79 Å². The number of fused-ring (bicyclic) bond motifs is 1. The minimum atomic E-state index is -0.378. The lowest BCUT2D eigenvalue weighted by molar-refractivity contribution is 0.259. The average Bonchev–Trinajstić information content (AvgIpc) is 2.58. The van der Waals surface area contributed by atoms with Gasteiger partial charge in [0.15, 0.2) is 0 Å². The highest BCUT2D eigenvalue weighted by Gasteiger charge is 2.20. The number of benzene rings is 2. The molecule has 0 radical (unpaired) electrons. The van der Waals surface area contributed by atoms with Gasteiger partial charge in [-0.2, -0.15) is 4.99 Å². The lowest BCUT2D eigenvalue weighted by Crippen LogP contribution is -2.33. The van der Waals surface area contributed by atoms with E-state index in [1.165, 1.54) is 4.90 Å². The Morgan fingerprint density at radius 3 is 2.70 bits per heavy atom. The van der Waals surface area contributed by atoms with Crippen LogP contribution in [0.25, 0.3) is 0 Å². The number of carbonyl (C=O) groups excluding carboxylic acids is 1. The van der Waals surface area contributed by atoms with Gasteiger partial charge in [0.05, 0.1) is 18.6 Å². The summed E-state index contributed by atoms with van der Waals surface area (Å²) >= 11 is 1.68. The van der Waals surface area contributed by atoms with Gasteiger partial charge in [0, 0.05) is 17.6 Å². The number of para-hydroxylation sites is 1. The van der Waals surface area contributed by atoms with E-state index in [-0.39, 0.29) is 6.03 Å². The van der Waals surface area contributed by atoms with Crippen LogP contribution in [0.3, 0.4) is 0 Å². The molecule has 0 spiro atoms. The molecule has 2 amide bonds. The topological polar surface area (TPSA) is 53.9 Å². The molecule has 23 heavy (non-hydrogen) atoms. The second-order valence-corrected chi connectivity index (χ2v) is 6.02. The van der Waals surface area contributed by atoms with Crippen LogP contribution in [0.5, 0.6) is 5.75 Å². The van der Waals surface area contributed by atoms with Crippen molar-refractivity contribution in [1.29, 1.82) is 0 Å². The molecule has 0 fully saturated rings. The molecule has 0 aliphatic carbocycles. The maximum atomic E-state index is 12.1. The minimum absolute atomic E-state index is 0.378. The number of ether oxygens (including phenoxy) is 1. The molecule has 1 aliphatic rings. The molecule has 0 saturated carbocycles. The molecule has 3 rings (SSSR count). The van der Waals surface area contributed by atoms with Crippen molar-refractivity contribution in [3.05, 3.63) is 48.5 Å². The summed E-state index contributed by atoms with van der Waals surface area (Å²) in [5.74, 6) is 2.15. The second kappa shape index (κ2) is 6.75. The molecule has 1 N–H and O–H groups in total. The summed E-state index contributed by atoms with van der Waals surface area (Å²) in [5.41, 5.74) is 1.76. The Morgan fingerprint density at radius 1 is 1.22 bits per heavy atom. The van der Waals surface area contributed by atoms with Crippen LogP contribution in [0.4, 0.5) is 16.2 Å². The highest BCUT2D eigenvalue weighted by atomic mass is 32.2. The monoisotopic (exact) mass is 327 g/mol. The number of amidine groups is 1. The van der Waals surface area contributed by atoms with Crippen LogP contribution >= 0.6 is 11.8 Å². The molecular weight excluding hydrogens is 310 g/mol. The van der Waals surface area contributed by atoms with Gasteiger partial charge in [-0.25, -0.2) is 4.79 Å². The fourth-order valence-electron chi connectivity index (χ4n) is 2.28. The van der Waals surface area contributed by atoms with Gasteiger partial charge in [0.25, 0.3) is 0 Å². The zero-order valence-electron chi connectivity index (χ0n) is 12.9. The number of urea groups is 1. The van der Waals surface area contributed by atoms with Crippen molar-refractivity contribution in [3.63, 3.8) is 0 Å². The Kier molecular flexibility index (Phi) is 4.52. The first-order chi connectivity index (χ1) is 11.2. The fourth-order valence-corrected chi connectivity index (χ4v) is 3.36. The molecule has 5 nitrogen and oxygen atoms in total. The minimum Gasteiger partial charge on any atom is -0.497 e. The fraction of sp³-hybridized carbons (Fsp3) is 0.176. The van der Waals surface area contributed by atoms with Crippen LogP contribution < -0.4 is 15.0 Å². The number of nitrogens with one attached hydrogen (secondary N) is 1. The molecule has 6 heteroatoms. The van der Waals surface area contributed by atoms with E-state index in [0.717, 1.165) is 17.3 Å². The first kappa shape index (κ1) is 15.4. The number of methoxy groups -OCH3 is 1. The molecular formula is C17H17N3O2S. The van der Waals surface area contributed by atoms with Gasteiger partial charge in [-0.1, -0.05) is 12.1 Å². The van der Waals surface area contributed by atoms with Crippen molar-refractivity contribution >= 4 is 35.0 Å². The van der Waals surface area contributed by atoms with Crippen molar-refractivity contribution in [2.24, 2.45) is 4.99 Å². The lowest BCUT2D eigenvalue weighted by atomic mass is 10.3. The van der Waals surface area contributed by atoms with Crippen molar-refractivity contribution in [3.8, 4) is 5.75 Å². The van der Waals surface area contributed by atoms with Crippen molar-refractivity contribution in [1.82, 2.24) is 0 Å². The second-order valence-electron chi connectivity index (χ2n) is 5.00. The van der Waals surface area contributed by atoms with Gasteiger partial charge >= 0.3 is 6.03 Å². The van der Waals surface area contributed by atoms with Crippen LogP contribution in [0.15, 0.2) is 58.4 Å². The van der Waals surface area contributed by atoms with Crippen LogP contribution in [-0.4, -0.2) is 31.8 Å². The Morgan fingerprint density at radius 2 is 1.96 bits per heavy atom. The SMILES string of the molecule is COc1ccc(NC(=O)/N=C2/CSc3ccccc3N2C)cc1. The van der Waals surface area contributed by atoms with Gasteiger partial charge in [-0.05, 0) is 36.4 Å². The Bertz CT molecular complexity index is 744. The smallest absolute Gasteiger partial charge is 0.347 e. The van der Waals surface area contributed by atoms with Crippen molar-refractivity contribution in [2.45, 2.75) is 4.90 Å². The Balaban J connectivity index is 1.72. The number of aliphatic imine (C=N–C) groups is 1. The van der Waals surface area contributed by atoms with E-state index in [4.69, 9.17) is 4.74 Å². The molecule has 0 aromatic heterocycles. The lowest BCUT2D eigenvalue weighted by Gasteiger charge is -2.28. The van der Waals surface area contributed by atoms with Crippen LogP contribution in [-0.2, 0) is 0 Å². The predicted molar refractivity (Wildman–Crippen MR) is 95.0 cm³/mol. The average molecular weight is 327 g/mol. The van der Waals surface area contributed by atoms with Crippen molar-refractivity contribution < 1.29 is 9.53 Å². The summed E-state index contributed by atoms with van der Waals surface area (Å²) < 4.78 is 5.09. The number of hydrogen-bond donors (Lipinski definition) is 1. The van der Waals surface area contributed by atoms with E-state index in [1.807, 2.05) is 30.1 Å². The summed E-state index contributed by atoms with van der Waals surface area (Å²) in [6, 6.07) is 14.9. The first-order valence-corrected chi connectivity index (χ1v) is 8.14. The highest BCUT2D eigenvalue weighted by Crippen LogP contribution is 2.34. The zero-order chi connectivity index (χ0) is 16.2. The number of rotatable bonds is 2. The maximum absolute atomic E-state index is 12.1. The Hall–Kier alpha value is -2.47. The quantitative estimate of drug-likeness (QED) is 0.910.